The van der Waals surface area contributed by atoms with Crippen molar-refractivity contribution in [1.82, 2.24) is 4.31 Å². The van der Waals surface area contributed by atoms with Crippen molar-refractivity contribution in [3.05, 3.63) is 48.3 Å². The topological polar surface area (TPSA) is 96.0 Å². The van der Waals surface area contributed by atoms with Crippen molar-refractivity contribution in [2.75, 3.05) is 36.5 Å². The number of hydrogen-bond donors (Lipinski definition) is 1. The van der Waals surface area contributed by atoms with Crippen LogP contribution in [0.15, 0.2) is 47.4 Å². The molecule has 1 N–H and O–H groups in total. The summed E-state index contributed by atoms with van der Waals surface area (Å²) in [5, 5.41) is 2.54. The van der Waals surface area contributed by atoms with Gasteiger partial charge in [0.25, 0.3) is 5.91 Å². The Morgan fingerprint density at radius 2 is 1.94 bits per heavy atom. The third kappa shape index (κ3) is 4.61. The van der Waals surface area contributed by atoms with E-state index in [1.807, 2.05) is 0 Å². The number of rotatable bonds is 5. The van der Waals surface area contributed by atoms with Crippen LogP contribution in [0.1, 0.15) is 19.8 Å². The van der Waals surface area contributed by atoms with Crippen LogP contribution in [0.5, 0.6) is 5.75 Å². The Morgan fingerprint density at radius 3 is 2.66 bits per heavy atom. The third-order valence-electron chi connectivity index (χ3n) is 5.66. The van der Waals surface area contributed by atoms with Crippen molar-refractivity contribution in [3.63, 3.8) is 0 Å². The molecule has 0 unspecified atom stereocenters. The monoisotopic (exact) mass is 461 g/mol. The summed E-state index contributed by atoms with van der Waals surface area (Å²) in [6, 6.07) is 9.72. The first kappa shape index (κ1) is 22.2. The van der Waals surface area contributed by atoms with E-state index in [2.05, 4.69) is 12.2 Å². The number of carbonyl (C=O) groups is 2. The van der Waals surface area contributed by atoms with E-state index in [9.17, 15) is 22.4 Å². The molecule has 1 fully saturated rings. The van der Waals surface area contributed by atoms with Gasteiger partial charge in [-0.1, -0.05) is 13.0 Å². The SMILES string of the molecule is CC1CCN(S(=O)(=O)c2ccc3c(c2)N(CC(=O)Nc2cccc(F)c2)C(=O)CO3)CC1. The van der Waals surface area contributed by atoms with E-state index < -0.39 is 27.7 Å². The number of piperidine rings is 1. The van der Waals surface area contributed by atoms with Crippen LogP contribution in [-0.2, 0) is 19.6 Å². The first-order valence-electron chi connectivity index (χ1n) is 10.4. The van der Waals surface area contributed by atoms with Crippen molar-refractivity contribution in [3.8, 4) is 5.75 Å². The zero-order valence-corrected chi connectivity index (χ0v) is 18.4. The molecule has 2 heterocycles. The number of hydrogen-bond acceptors (Lipinski definition) is 5. The molecule has 2 amide bonds. The average molecular weight is 462 g/mol. The van der Waals surface area contributed by atoms with Gasteiger partial charge in [-0.2, -0.15) is 4.31 Å². The average Bonchev–Trinajstić information content (AvgIpc) is 2.75. The van der Waals surface area contributed by atoms with Crippen LogP contribution in [0, 0.1) is 11.7 Å². The maximum Gasteiger partial charge on any atom is 0.265 e. The fraction of sp³-hybridized carbons (Fsp3) is 0.364. The van der Waals surface area contributed by atoms with Crippen LogP contribution < -0.4 is 15.0 Å². The molecule has 2 aromatic carbocycles. The minimum absolute atomic E-state index is 0.0413. The number of nitrogens with zero attached hydrogens (tertiary/aromatic N) is 2. The van der Waals surface area contributed by atoms with Crippen molar-refractivity contribution in [2.24, 2.45) is 5.92 Å². The minimum Gasteiger partial charge on any atom is -0.482 e. The third-order valence-corrected chi connectivity index (χ3v) is 7.56. The molecule has 0 atom stereocenters. The van der Waals surface area contributed by atoms with Gasteiger partial charge in [0.2, 0.25) is 15.9 Å². The summed E-state index contributed by atoms with van der Waals surface area (Å²) in [6.45, 7) is 2.34. The molecule has 8 nitrogen and oxygen atoms in total. The van der Waals surface area contributed by atoms with Crippen LogP contribution in [-0.4, -0.2) is 50.8 Å². The number of benzene rings is 2. The minimum atomic E-state index is -3.74. The fourth-order valence-electron chi connectivity index (χ4n) is 3.80. The van der Waals surface area contributed by atoms with Gasteiger partial charge in [-0.25, -0.2) is 12.8 Å². The van der Waals surface area contributed by atoms with Gasteiger partial charge in [0.1, 0.15) is 18.1 Å². The first-order chi connectivity index (χ1) is 15.2. The van der Waals surface area contributed by atoms with Crippen LogP contribution in [0.2, 0.25) is 0 Å². The zero-order chi connectivity index (χ0) is 22.9. The maximum atomic E-state index is 13.4. The van der Waals surface area contributed by atoms with Crippen molar-refractivity contribution < 1.29 is 27.1 Å². The molecule has 1 saturated heterocycles. The summed E-state index contributed by atoms with van der Waals surface area (Å²) in [6.07, 6.45) is 1.58. The molecule has 0 bridgehead atoms. The van der Waals surface area contributed by atoms with Gasteiger partial charge >= 0.3 is 0 Å². The highest BCUT2D eigenvalue weighted by molar-refractivity contribution is 7.89. The second-order valence-electron chi connectivity index (χ2n) is 8.04. The summed E-state index contributed by atoms with van der Waals surface area (Å²) in [5.74, 6) is -0.738. The molecule has 2 aliphatic rings. The molecule has 10 heteroatoms. The lowest BCUT2D eigenvalue weighted by Crippen LogP contribution is -2.43. The van der Waals surface area contributed by atoms with Crippen molar-refractivity contribution in [2.45, 2.75) is 24.7 Å². The molecule has 4 rings (SSSR count). The highest BCUT2D eigenvalue weighted by Crippen LogP contribution is 2.35. The lowest BCUT2D eigenvalue weighted by molar-refractivity contribution is -0.123. The Hall–Kier alpha value is -2.98. The molecule has 0 aliphatic carbocycles. The lowest BCUT2D eigenvalue weighted by Gasteiger charge is -2.31. The van der Waals surface area contributed by atoms with Crippen LogP contribution in [0.25, 0.3) is 0 Å². The van der Waals surface area contributed by atoms with Gasteiger partial charge in [-0.3, -0.25) is 14.5 Å². The molecule has 2 aliphatic heterocycles. The Labute approximate surface area is 186 Å². The molecule has 0 spiro atoms. The summed E-state index contributed by atoms with van der Waals surface area (Å²) in [5.41, 5.74) is 0.466. The van der Waals surface area contributed by atoms with Crippen molar-refractivity contribution >= 4 is 33.2 Å². The van der Waals surface area contributed by atoms with E-state index in [1.54, 1.807) is 0 Å². The number of carbonyl (C=O) groups excluding carboxylic acids is 2. The number of amides is 2. The summed E-state index contributed by atoms with van der Waals surface area (Å²) in [7, 11) is -3.74. The highest BCUT2D eigenvalue weighted by Gasteiger charge is 2.32. The summed E-state index contributed by atoms with van der Waals surface area (Å²) < 4.78 is 46.5. The molecule has 32 heavy (non-hydrogen) atoms. The predicted octanol–water partition coefficient (Wildman–Crippen LogP) is 2.61. The number of halogens is 1. The van der Waals surface area contributed by atoms with Gasteiger partial charge in [0.15, 0.2) is 6.61 Å². The number of sulfonamides is 1. The van der Waals surface area contributed by atoms with Gasteiger partial charge in [0.05, 0.1) is 10.6 Å². The summed E-state index contributed by atoms with van der Waals surface area (Å²) >= 11 is 0. The number of fused-ring (bicyclic) bond motifs is 1. The molecule has 0 radical (unpaired) electrons. The van der Waals surface area contributed by atoms with Gasteiger partial charge in [-0.05, 0) is 55.2 Å². The smallest absolute Gasteiger partial charge is 0.265 e. The molecule has 0 saturated carbocycles. The lowest BCUT2D eigenvalue weighted by atomic mass is 10.0. The molecule has 0 aromatic heterocycles. The summed E-state index contributed by atoms with van der Waals surface area (Å²) in [4.78, 5) is 26.2. The molecule has 170 valence electrons. The normalized spacial score (nSPS) is 17.6. The van der Waals surface area contributed by atoms with E-state index >= 15 is 0 Å². The van der Waals surface area contributed by atoms with Gasteiger partial charge in [0, 0.05) is 18.8 Å². The predicted molar refractivity (Wildman–Crippen MR) is 116 cm³/mol. The van der Waals surface area contributed by atoms with E-state index in [0.29, 0.717) is 24.8 Å². The highest BCUT2D eigenvalue weighted by atomic mass is 32.2. The van der Waals surface area contributed by atoms with E-state index in [1.165, 1.54) is 45.6 Å². The number of anilines is 2. The standard InChI is InChI=1S/C22H24FN3O5S/c1-15-7-9-25(10-8-15)32(29,30)18-5-6-20-19(12-18)26(22(28)14-31-20)13-21(27)24-17-4-2-3-16(23)11-17/h2-6,11-12,15H,7-10,13-14H2,1H3,(H,24,27). The fourth-order valence-corrected chi connectivity index (χ4v) is 5.29. The quantitative estimate of drug-likeness (QED) is 0.739. The van der Waals surface area contributed by atoms with E-state index in [0.717, 1.165) is 18.9 Å². The molecule has 2 aromatic rings. The largest absolute Gasteiger partial charge is 0.482 e. The molecular weight excluding hydrogens is 437 g/mol. The second-order valence-corrected chi connectivity index (χ2v) is 9.98. The first-order valence-corrected chi connectivity index (χ1v) is 11.8. The Kier molecular flexibility index (Phi) is 6.16. The zero-order valence-electron chi connectivity index (χ0n) is 17.6. The van der Waals surface area contributed by atoms with Crippen LogP contribution in [0.4, 0.5) is 15.8 Å². The van der Waals surface area contributed by atoms with Crippen LogP contribution in [0.3, 0.4) is 0 Å². The second kappa shape index (κ2) is 8.87. The van der Waals surface area contributed by atoms with E-state index in [4.69, 9.17) is 4.74 Å². The maximum absolute atomic E-state index is 13.4. The Balaban J connectivity index is 1.57. The number of nitrogens with one attached hydrogen (secondary N) is 1. The van der Waals surface area contributed by atoms with E-state index in [-0.39, 0.29) is 29.4 Å². The van der Waals surface area contributed by atoms with Gasteiger partial charge in [-0.15, -0.1) is 0 Å². The van der Waals surface area contributed by atoms with Crippen LogP contribution >= 0.6 is 0 Å². The Bertz CT molecular complexity index is 1150. The van der Waals surface area contributed by atoms with Gasteiger partial charge < -0.3 is 10.1 Å². The Morgan fingerprint density at radius 1 is 1.19 bits per heavy atom. The molecular formula is C22H24FN3O5S. The number of ether oxygens (including phenoxy) is 1. The van der Waals surface area contributed by atoms with Crippen molar-refractivity contribution in [1.29, 1.82) is 0 Å².